The minimum absolute atomic E-state index is 0.231. The summed E-state index contributed by atoms with van der Waals surface area (Å²) in [6.45, 7) is 0. The summed E-state index contributed by atoms with van der Waals surface area (Å²) >= 11 is 9.97. The van der Waals surface area contributed by atoms with Gasteiger partial charge >= 0.3 is 0 Å². The molecule has 0 aliphatic heterocycles. The highest BCUT2D eigenvalue weighted by atomic mass is 35.5. The Balaban J connectivity index is 2.81. The third kappa shape index (κ3) is 3.33. The molecule has 1 rings (SSSR count). The van der Waals surface area contributed by atoms with Gasteiger partial charge in [-0.05, 0) is 35.9 Å². The van der Waals surface area contributed by atoms with E-state index in [2.05, 4.69) is 12.6 Å². The first-order valence-corrected chi connectivity index (χ1v) is 5.01. The summed E-state index contributed by atoms with van der Waals surface area (Å²) in [4.78, 5) is 0. The summed E-state index contributed by atoms with van der Waals surface area (Å²) in [6, 6.07) is 4.88. The maximum Gasteiger partial charge on any atom is 0.116 e. The molecule has 0 heterocycles. The molecule has 0 unspecified atom stereocenters. The summed E-state index contributed by atoms with van der Waals surface area (Å²) in [5.74, 6) is 1.04. The lowest BCUT2D eigenvalue weighted by molar-refractivity contribution is 0.475. The molecule has 0 spiro atoms. The first kappa shape index (κ1) is 10.5. The van der Waals surface area contributed by atoms with E-state index in [1.54, 1.807) is 18.2 Å². The Morgan fingerprint density at radius 3 is 2.92 bits per heavy atom. The van der Waals surface area contributed by atoms with Crippen LogP contribution in [0, 0.1) is 0 Å². The molecule has 0 aliphatic rings. The number of aromatic hydroxyl groups is 1. The minimum atomic E-state index is 0.231. The first-order valence-electron chi connectivity index (χ1n) is 4.00. The Bertz CT molecular complexity index is 310. The average Bonchev–Trinajstić information content (AvgIpc) is 2.11. The first-order chi connectivity index (χ1) is 6.24. The van der Waals surface area contributed by atoms with Crippen LogP contribution in [0.5, 0.6) is 5.75 Å². The normalized spacial score (nSPS) is 10.9. The van der Waals surface area contributed by atoms with Crippen molar-refractivity contribution in [2.75, 3.05) is 5.75 Å². The fourth-order valence-corrected chi connectivity index (χ4v) is 1.27. The number of phenolic OH excluding ortho intramolecular Hbond substituents is 1. The molecule has 0 atom stereocenters. The van der Waals surface area contributed by atoms with Crippen LogP contribution >= 0.6 is 24.2 Å². The van der Waals surface area contributed by atoms with E-state index in [1.165, 1.54) is 0 Å². The summed E-state index contributed by atoms with van der Waals surface area (Å²) < 4.78 is 0. The van der Waals surface area contributed by atoms with E-state index >= 15 is 0 Å². The molecule has 70 valence electrons. The SMILES string of the molecule is Oc1ccc(Cl)c(C=CCCS)c1. The van der Waals surface area contributed by atoms with E-state index in [1.807, 2.05) is 12.2 Å². The van der Waals surface area contributed by atoms with Gasteiger partial charge in [0.05, 0.1) is 0 Å². The number of benzene rings is 1. The van der Waals surface area contributed by atoms with E-state index in [0.717, 1.165) is 17.7 Å². The van der Waals surface area contributed by atoms with Crippen molar-refractivity contribution in [2.24, 2.45) is 0 Å². The van der Waals surface area contributed by atoms with Crippen molar-refractivity contribution < 1.29 is 5.11 Å². The van der Waals surface area contributed by atoms with Crippen LogP contribution in [0.25, 0.3) is 6.08 Å². The molecule has 1 nitrogen and oxygen atoms in total. The number of hydrogen-bond donors (Lipinski definition) is 2. The van der Waals surface area contributed by atoms with Crippen LogP contribution in [0.3, 0.4) is 0 Å². The lowest BCUT2D eigenvalue weighted by atomic mass is 10.2. The van der Waals surface area contributed by atoms with Gasteiger partial charge in [-0.25, -0.2) is 0 Å². The standard InChI is InChI=1S/C10H11ClOS/c11-10-5-4-9(12)7-8(10)3-1-2-6-13/h1,3-5,7,12-13H,2,6H2. The Hall–Kier alpha value is -0.600. The second-order valence-corrected chi connectivity index (χ2v) is 3.47. The van der Waals surface area contributed by atoms with Gasteiger partial charge in [-0.15, -0.1) is 0 Å². The lowest BCUT2D eigenvalue weighted by Gasteiger charge is -1.98. The Morgan fingerprint density at radius 1 is 1.46 bits per heavy atom. The molecule has 0 saturated heterocycles. The van der Waals surface area contributed by atoms with Gasteiger partial charge in [0, 0.05) is 5.02 Å². The van der Waals surface area contributed by atoms with Crippen LogP contribution in [0.4, 0.5) is 0 Å². The fraction of sp³-hybridized carbons (Fsp3) is 0.200. The largest absolute Gasteiger partial charge is 0.508 e. The molecule has 1 aromatic rings. The minimum Gasteiger partial charge on any atom is -0.508 e. The molecular weight excluding hydrogens is 204 g/mol. The molecule has 0 amide bonds. The van der Waals surface area contributed by atoms with E-state index < -0.39 is 0 Å². The van der Waals surface area contributed by atoms with E-state index in [-0.39, 0.29) is 5.75 Å². The smallest absolute Gasteiger partial charge is 0.116 e. The Kier molecular flexibility index (Phi) is 4.19. The second kappa shape index (κ2) is 5.20. The molecule has 13 heavy (non-hydrogen) atoms. The Morgan fingerprint density at radius 2 is 2.23 bits per heavy atom. The molecular formula is C10H11ClOS. The molecule has 0 aromatic heterocycles. The van der Waals surface area contributed by atoms with E-state index in [9.17, 15) is 5.11 Å². The van der Waals surface area contributed by atoms with Crippen LogP contribution in [0.15, 0.2) is 24.3 Å². The average molecular weight is 215 g/mol. The van der Waals surface area contributed by atoms with Gasteiger partial charge in [-0.2, -0.15) is 12.6 Å². The lowest BCUT2D eigenvalue weighted by Crippen LogP contribution is -1.75. The predicted molar refractivity (Wildman–Crippen MR) is 60.6 cm³/mol. The number of halogens is 1. The van der Waals surface area contributed by atoms with Crippen molar-refractivity contribution in [1.29, 1.82) is 0 Å². The molecule has 0 fully saturated rings. The quantitative estimate of drug-likeness (QED) is 0.740. The van der Waals surface area contributed by atoms with Gasteiger partial charge in [0.1, 0.15) is 5.75 Å². The monoisotopic (exact) mass is 214 g/mol. The van der Waals surface area contributed by atoms with Crippen LogP contribution in [0.1, 0.15) is 12.0 Å². The van der Waals surface area contributed by atoms with Gasteiger partial charge < -0.3 is 5.11 Å². The van der Waals surface area contributed by atoms with Gasteiger partial charge in [0.2, 0.25) is 0 Å². The number of allylic oxidation sites excluding steroid dienone is 1. The van der Waals surface area contributed by atoms with E-state index in [4.69, 9.17) is 11.6 Å². The van der Waals surface area contributed by atoms with Crippen molar-refractivity contribution in [2.45, 2.75) is 6.42 Å². The highest BCUT2D eigenvalue weighted by Crippen LogP contribution is 2.22. The van der Waals surface area contributed by atoms with Crippen molar-refractivity contribution >= 4 is 30.3 Å². The summed E-state index contributed by atoms with van der Waals surface area (Å²) in [6.07, 6.45) is 4.76. The third-order valence-corrected chi connectivity index (χ3v) is 2.18. The topological polar surface area (TPSA) is 20.2 Å². The van der Waals surface area contributed by atoms with Crippen LogP contribution < -0.4 is 0 Å². The molecule has 3 heteroatoms. The second-order valence-electron chi connectivity index (χ2n) is 2.62. The van der Waals surface area contributed by atoms with Crippen molar-refractivity contribution in [3.63, 3.8) is 0 Å². The van der Waals surface area contributed by atoms with Crippen LogP contribution in [0.2, 0.25) is 5.02 Å². The molecule has 0 bridgehead atoms. The molecule has 1 aromatic carbocycles. The zero-order valence-electron chi connectivity index (χ0n) is 7.07. The highest BCUT2D eigenvalue weighted by Gasteiger charge is 1.96. The maximum atomic E-state index is 9.19. The Labute approximate surface area is 88.5 Å². The van der Waals surface area contributed by atoms with E-state index in [0.29, 0.717) is 5.02 Å². The van der Waals surface area contributed by atoms with Crippen molar-refractivity contribution in [3.05, 3.63) is 34.9 Å². The van der Waals surface area contributed by atoms with Gasteiger partial charge in [-0.1, -0.05) is 23.8 Å². The summed E-state index contributed by atoms with van der Waals surface area (Å²) in [5, 5.41) is 9.83. The maximum absolute atomic E-state index is 9.19. The molecule has 0 saturated carbocycles. The van der Waals surface area contributed by atoms with Crippen molar-refractivity contribution in [1.82, 2.24) is 0 Å². The zero-order chi connectivity index (χ0) is 9.68. The molecule has 0 radical (unpaired) electrons. The number of thiol groups is 1. The third-order valence-electron chi connectivity index (χ3n) is 1.57. The van der Waals surface area contributed by atoms with Gasteiger partial charge in [-0.3, -0.25) is 0 Å². The van der Waals surface area contributed by atoms with Gasteiger partial charge in [0.15, 0.2) is 0 Å². The van der Waals surface area contributed by atoms with Gasteiger partial charge in [0.25, 0.3) is 0 Å². The summed E-state index contributed by atoms with van der Waals surface area (Å²) in [7, 11) is 0. The summed E-state index contributed by atoms with van der Waals surface area (Å²) in [5.41, 5.74) is 0.837. The molecule has 0 aliphatic carbocycles. The zero-order valence-corrected chi connectivity index (χ0v) is 8.72. The van der Waals surface area contributed by atoms with Crippen molar-refractivity contribution in [3.8, 4) is 5.75 Å². The van der Waals surface area contributed by atoms with Crippen LogP contribution in [-0.2, 0) is 0 Å². The highest BCUT2D eigenvalue weighted by molar-refractivity contribution is 7.80. The fourth-order valence-electron chi connectivity index (χ4n) is 0.944. The number of phenols is 1. The van der Waals surface area contributed by atoms with Crippen LogP contribution in [-0.4, -0.2) is 10.9 Å². The molecule has 1 N–H and O–H groups in total. The number of rotatable bonds is 3. The predicted octanol–water partition coefficient (Wildman–Crippen LogP) is 3.38. The number of hydrogen-bond acceptors (Lipinski definition) is 2.